The molecule has 0 saturated heterocycles. The van der Waals surface area contributed by atoms with Gasteiger partial charge in [-0.1, -0.05) is 37.3 Å². The number of pyridine rings is 1. The van der Waals surface area contributed by atoms with Crippen LogP contribution < -0.4 is 15.4 Å². The van der Waals surface area contributed by atoms with Crippen molar-refractivity contribution in [3.63, 3.8) is 0 Å². The van der Waals surface area contributed by atoms with Crippen LogP contribution in [0, 0.1) is 0 Å². The molecule has 2 aromatic carbocycles. The van der Waals surface area contributed by atoms with Gasteiger partial charge in [0.05, 0.1) is 11.9 Å². The maximum absolute atomic E-state index is 12.3. The summed E-state index contributed by atoms with van der Waals surface area (Å²) in [5, 5.41) is 6.08. The first-order chi connectivity index (χ1) is 13.2. The second-order valence-electron chi connectivity index (χ2n) is 6.11. The molecule has 138 valence electrons. The predicted molar refractivity (Wildman–Crippen MR) is 108 cm³/mol. The van der Waals surface area contributed by atoms with Crippen molar-refractivity contribution < 1.29 is 9.53 Å². The Morgan fingerprint density at radius 1 is 0.963 bits per heavy atom. The van der Waals surface area contributed by atoms with Crippen LogP contribution in [0.5, 0.6) is 5.75 Å². The number of hydrogen-bond acceptors (Lipinski definition) is 4. The molecule has 2 N–H and O–H groups in total. The number of amides is 1. The minimum atomic E-state index is -0.241. The molecule has 0 aliphatic heterocycles. The van der Waals surface area contributed by atoms with Gasteiger partial charge in [0, 0.05) is 12.2 Å². The number of carbonyl (C=O) groups excluding carboxylic acids is 1. The second kappa shape index (κ2) is 9.38. The van der Waals surface area contributed by atoms with Crippen LogP contribution in [-0.4, -0.2) is 17.4 Å². The molecular weight excluding hydrogens is 338 g/mol. The average Bonchev–Trinajstić information content (AvgIpc) is 2.73. The molecule has 1 amide bonds. The fraction of sp³-hybridized carbons (Fsp3) is 0.182. The van der Waals surface area contributed by atoms with E-state index in [1.807, 2.05) is 60.7 Å². The summed E-state index contributed by atoms with van der Waals surface area (Å²) < 4.78 is 5.75. The summed E-state index contributed by atoms with van der Waals surface area (Å²) in [4.78, 5) is 16.5. The van der Waals surface area contributed by atoms with Crippen LogP contribution in [0.15, 0.2) is 72.9 Å². The lowest BCUT2D eigenvalue weighted by Gasteiger charge is -2.09. The number of carbonyl (C=O) groups is 1. The Balaban J connectivity index is 1.53. The largest absolute Gasteiger partial charge is 0.489 e. The Labute approximate surface area is 159 Å². The third-order valence-corrected chi connectivity index (χ3v) is 3.94. The van der Waals surface area contributed by atoms with Gasteiger partial charge in [-0.15, -0.1) is 0 Å². The number of ether oxygens (including phenoxy) is 1. The van der Waals surface area contributed by atoms with E-state index in [4.69, 9.17) is 4.74 Å². The maximum Gasteiger partial charge on any atom is 0.274 e. The van der Waals surface area contributed by atoms with E-state index in [0.717, 1.165) is 30.0 Å². The Hall–Kier alpha value is -3.34. The van der Waals surface area contributed by atoms with Crippen LogP contribution in [0.1, 0.15) is 29.4 Å². The lowest BCUT2D eigenvalue weighted by Crippen LogP contribution is -2.13. The minimum absolute atomic E-state index is 0.241. The molecule has 0 bridgehead atoms. The lowest BCUT2D eigenvalue weighted by atomic mass is 10.2. The van der Waals surface area contributed by atoms with E-state index in [2.05, 4.69) is 22.5 Å². The summed E-state index contributed by atoms with van der Waals surface area (Å²) in [6, 6.07) is 20.9. The van der Waals surface area contributed by atoms with Crippen molar-refractivity contribution in [3.8, 4) is 5.75 Å². The van der Waals surface area contributed by atoms with E-state index < -0.39 is 0 Å². The van der Waals surface area contributed by atoms with E-state index in [1.165, 1.54) is 0 Å². The molecule has 3 rings (SSSR count). The Bertz CT molecular complexity index is 847. The molecule has 0 aliphatic rings. The number of rotatable bonds is 8. The normalized spacial score (nSPS) is 10.3. The summed E-state index contributed by atoms with van der Waals surface area (Å²) >= 11 is 0. The van der Waals surface area contributed by atoms with Crippen molar-refractivity contribution >= 4 is 17.3 Å². The molecule has 0 atom stereocenters. The van der Waals surface area contributed by atoms with Gasteiger partial charge >= 0.3 is 0 Å². The highest BCUT2D eigenvalue weighted by Crippen LogP contribution is 2.18. The number of nitrogens with one attached hydrogen (secondary N) is 2. The molecular formula is C22H23N3O2. The van der Waals surface area contributed by atoms with E-state index in [9.17, 15) is 4.79 Å². The number of anilines is 2. The van der Waals surface area contributed by atoms with Crippen LogP contribution in [-0.2, 0) is 6.61 Å². The zero-order valence-corrected chi connectivity index (χ0v) is 15.3. The van der Waals surface area contributed by atoms with Crippen molar-refractivity contribution in [1.29, 1.82) is 0 Å². The molecule has 5 heteroatoms. The van der Waals surface area contributed by atoms with Crippen LogP contribution in [0.2, 0.25) is 0 Å². The predicted octanol–water partition coefficient (Wildman–Crippen LogP) is 4.73. The van der Waals surface area contributed by atoms with Crippen LogP contribution >= 0.6 is 0 Å². The summed E-state index contributed by atoms with van der Waals surface area (Å²) in [6.07, 6.45) is 2.71. The topological polar surface area (TPSA) is 63.2 Å². The fourth-order valence-corrected chi connectivity index (χ4v) is 2.47. The molecule has 0 aliphatic carbocycles. The highest BCUT2D eigenvalue weighted by Gasteiger charge is 2.08. The summed E-state index contributed by atoms with van der Waals surface area (Å²) in [5.41, 5.74) is 3.09. The first kappa shape index (κ1) is 18.5. The van der Waals surface area contributed by atoms with Crippen molar-refractivity contribution in [2.24, 2.45) is 0 Å². The van der Waals surface area contributed by atoms with E-state index in [-0.39, 0.29) is 5.91 Å². The maximum atomic E-state index is 12.3. The van der Waals surface area contributed by atoms with Gasteiger partial charge in [0.1, 0.15) is 18.1 Å². The minimum Gasteiger partial charge on any atom is -0.489 e. The molecule has 1 heterocycles. The Morgan fingerprint density at radius 2 is 1.70 bits per heavy atom. The SMILES string of the molecule is CCCNc1ccc(C(=O)Nc2ccc(OCc3ccccc3)cc2)nc1. The van der Waals surface area contributed by atoms with Gasteiger partial charge in [-0.3, -0.25) is 4.79 Å². The van der Waals surface area contributed by atoms with Gasteiger partial charge in [0.25, 0.3) is 5.91 Å². The Morgan fingerprint density at radius 3 is 2.37 bits per heavy atom. The van der Waals surface area contributed by atoms with Crippen molar-refractivity contribution in [2.45, 2.75) is 20.0 Å². The number of hydrogen-bond donors (Lipinski definition) is 2. The third-order valence-electron chi connectivity index (χ3n) is 3.94. The fourth-order valence-electron chi connectivity index (χ4n) is 2.47. The molecule has 0 unspecified atom stereocenters. The van der Waals surface area contributed by atoms with E-state index >= 15 is 0 Å². The van der Waals surface area contributed by atoms with Gasteiger partial charge in [0.2, 0.25) is 0 Å². The molecule has 5 nitrogen and oxygen atoms in total. The molecule has 27 heavy (non-hydrogen) atoms. The zero-order valence-electron chi connectivity index (χ0n) is 15.3. The molecule has 1 aromatic heterocycles. The van der Waals surface area contributed by atoms with E-state index in [1.54, 1.807) is 12.3 Å². The van der Waals surface area contributed by atoms with Gasteiger partial charge in [0.15, 0.2) is 0 Å². The second-order valence-corrected chi connectivity index (χ2v) is 6.11. The van der Waals surface area contributed by atoms with Crippen LogP contribution in [0.3, 0.4) is 0 Å². The number of aromatic nitrogens is 1. The molecule has 0 saturated carbocycles. The highest BCUT2D eigenvalue weighted by atomic mass is 16.5. The van der Waals surface area contributed by atoms with Gasteiger partial charge in [-0.25, -0.2) is 4.98 Å². The smallest absolute Gasteiger partial charge is 0.274 e. The zero-order chi connectivity index (χ0) is 18.9. The summed E-state index contributed by atoms with van der Waals surface area (Å²) in [6.45, 7) is 3.49. The molecule has 0 spiro atoms. The van der Waals surface area contributed by atoms with Crippen molar-refractivity contribution in [3.05, 3.63) is 84.2 Å². The third kappa shape index (κ3) is 5.57. The quantitative estimate of drug-likeness (QED) is 0.608. The number of nitrogens with zero attached hydrogens (tertiary/aromatic N) is 1. The Kier molecular flexibility index (Phi) is 6.41. The number of benzene rings is 2. The van der Waals surface area contributed by atoms with Crippen molar-refractivity contribution in [1.82, 2.24) is 4.98 Å². The highest BCUT2D eigenvalue weighted by molar-refractivity contribution is 6.02. The first-order valence-corrected chi connectivity index (χ1v) is 9.02. The van der Waals surface area contributed by atoms with Crippen LogP contribution in [0.4, 0.5) is 11.4 Å². The lowest BCUT2D eigenvalue weighted by molar-refractivity contribution is 0.102. The average molecular weight is 361 g/mol. The summed E-state index contributed by atoms with van der Waals surface area (Å²) in [7, 11) is 0. The van der Waals surface area contributed by atoms with Gasteiger partial charge in [-0.2, -0.15) is 0 Å². The van der Waals surface area contributed by atoms with Gasteiger partial charge < -0.3 is 15.4 Å². The molecule has 0 fully saturated rings. The van der Waals surface area contributed by atoms with Crippen molar-refractivity contribution in [2.75, 3.05) is 17.2 Å². The first-order valence-electron chi connectivity index (χ1n) is 9.02. The van der Waals surface area contributed by atoms with Gasteiger partial charge in [-0.05, 0) is 48.4 Å². The monoisotopic (exact) mass is 361 g/mol. The van der Waals surface area contributed by atoms with E-state index in [0.29, 0.717) is 18.0 Å². The summed E-state index contributed by atoms with van der Waals surface area (Å²) in [5.74, 6) is 0.510. The molecule has 3 aromatic rings. The molecule has 0 radical (unpaired) electrons. The standard InChI is InChI=1S/C22H23N3O2/c1-2-14-23-19-10-13-21(24-15-19)22(26)25-18-8-11-20(12-9-18)27-16-17-6-4-3-5-7-17/h3-13,15,23H,2,14,16H2,1H3,(H,25,26). The van der Waals surface area contributed by atoms with Crippen LogP contribution in [0.25, 0.3) is 0 Å².